The third-order valence-corrected chi connectivity index (χ3v) is 2.70. The summed E-state index contributed by atoms with van der Waals surface area (Å²) >= 11 is 0. The molecular formula is C13H18N4O. The third-order valence-electron chi connectivity index (χ3n) is 2.70. The molecule has 0 aliphatic rings. The largest absolute Gasteiger partial charge is 0.367 e. The van der Waals surface area contributed by atoms with Gasteiger partial charge in [0.1, 0.15) is 5.82 Å². The van der Waals surface area contributed by atoms with Crippen molar-refractivity contribution in [2.75, 3.05) is 11.9 Å². The van der Waals surface area contributed by atoms with Crippen molar-refractivity contribution in [3.63, 3.8) is 0 Å². The summed E-state index contributed by atoms with van der Waals surface area (Å²) < 4.78 is 3.57. The van der Waals surface area contributed by atoms with Crippen molar-refractivity contribution in [2.24, 2.45) is 0 Å². The maximum Gasteiger partial charge on any atom is 0.250 e. The molecule has 0 spiro atoms. The van der Waals surface area contributed by atoms with Gasteiger partial charge in [-0.25, -0.2) is 0 Å². The van der Waals surface area contributed by atoms with E-state index in [0.717, 1.165) is 5.82 Å². The number of pyridine rings is 1. The summed E-state index contributed by atoms with van der Waals surface area (Å²) in [6.45, 7) is 5.48. The molecule has 5 heteroatoms. The van der Waals surface area contributed by atoms with Crippen molar-refractivity contribution in [3.05, 3.63) is 47.0 Å². The topological polar surface area (TPSA) is 51.9 Å². The highest BCUT2D eigenvalue weighted by molar-refractivity contribution is 5.31. The van der Waals surface area contributed by atoms with E-state index >= 15 is 0 Å². The van der Waals surface area contributed by atoms with Gasteiger partial charge in [-0.05, 0) is 19.9 Å². The van der Waals surface area contributed by atoms with E-state index in [-0.39, 0.29) is 5.56 Å². The number of rotatable bonds is 5. The van der Waals surface area contributed by atoms with Gasteiger partial charge in [0, 0.05) is 43.7 Å². The molecule has 2 aromatic heterocycles. The predicted molar refractivity (Wildman–Crippen MR) is 71.8 cm³/mol. The zero-order valence-corrected chi connectivity index (χ0v) is 10.7. The van der Waals surface area contributed by atoms with Crippen molar-refractivity contribution in [1.29, 1.82) is 0 Å². The van der Waals surface area contributed by atoms with Crippen LogP contribution in [0.1, 0.15) is 19.9 Å². The Morgan fingerprint density at radius 2 is 2.11 bits per heavy atom. The van der Waals surface area contributed by atoms with E-state index in [0.29, 0.717) is 19.1 Å². The molecule has 0 aromatic carbocycles. The summed E-state index contributed by atoms with van der Waals surface area (Å²) in [5.74, 6) is 0.840. The van der Waals surface area contributed by atoms with Crippen LogP contribution in [-0.2, 0) is 6.54 Å². The molecule has 0 unspecified atom stereocenters. The normalized spacial score (nSPS) is 10.8. The van der Waals surface area contributed by atoms with Gasteiger partial charge in [-0.15, -0.1) is 0 Å². The van der Waals surface area contributed by atoms with Gasteiger partial charge in [0.25, 0.3) is 5.56 Å². The maximum atomic E-state index is 11.5. The lowest BCUT2D eigenvalue weighted by Crippen LogP contribution is -2.22. The quantitative estimate of drug-likeness (QED) is 0.874. The van der Waals surface area contributed by atoms with E-state index in [9.17, 15) is 4.79 Å². The standard InChI is InChI=1S/C13H18N4O/c1-11(2)17-9-6-12(15-17)14-7-10-16-8-4-3-5-13(16)18/h3-6,8-9,11H,7,10H2,1-2H3,(H,14,15). The third kappa shape index (κ3) is 3.00. The van der Waals surface area contributed by atoms with Crippen molar-refractivity contribution < 1.29 is 0 Å². The molecule has 0 amide bonds. The number of nitrogens with one attached hydrogen (secondary N) is 1. The lowest BCUT2D eigenvalue weighted by Gasteiger charge is -2.06. The second kappa shape index (κ2) is 5.53. The SMILES string of the molecule is CC(C)n1ccc(NCCn2ccccc2=O)n1. The van der Waals surface area contributed by atoms with Crippen molar-refractivity contribution >= 4 is 5.82 Å². The Labute approximate surface area is 106 Å². The van der Waals surface area contributed by atoms with Gasteiger partial charge in [-0.1, -0.05) is 6.07 Å². The molecule has 0 aliphatic carbocycles. The summed E-state index contributed by atoms with van der Waals surface area (Å²) in [7, 11) is 0. The van der Waals surface area contributed by atoms with E-state index in [1.54, 1.807) is 22.9 Å². The first-order valence-corrected chi connectivity index (χ1v) is 6.11. The van der Waals surface area contributed by atoms with Gasteiger partial charge >= 0.3 is 0 Å². The van der Waals surface area contributed by atoms with Crippen molar-refractivity contribution in [3.8, 4) is 0 Å². The molecule has 0 fully saturated rings. The second-order valence-corrected chi connectivity index (χ2v) is 4.43. The smallest absolute Gasteiger partial charge is 0.250 e. The predicted octanol–water partition coefficient (Wildman–Crippen LogP) is 1.74. The van der Waals surface area contributed by atoms with Gasteiger partial charge in [0.15, 0.2) is 0 Å². The zero-order chi connectivity index (χ0) is 13.0. The number of hydrogen-bond acceptors (Lipinski definition) is 3. The van der Waals surface area contributed by atoms with Crippen molar-refractivity contribution in [2.45, 2.75) is 26.4 Å². The minimum Gasteiger partial charge on any atom is -0.367 e. The molecule has 18 heavy (non-hydrogen) atoms. The number of aromatic nitrogens is 3. The maximum absolute atomic E-state index is 11.5. The van der Waals surface area contributed by atoms with Gasteiger partial charge < -0.3 is 9.88 Å². The lowest BCUT2D eigenvalue weighted by atomic mass is 10.4. The summed E-state index contributed by atoms with van der Waals surface area (Å²) in [4.78, 5) is 11.5. The molecule has 2 heterocycles. The highest BCUT2D eigenvalue weighted by atomic mass is 16.1. The molecule has 2 rings (SSSR count). The summed E-state index contributed by atoms with van der Waals surface area (Å²) in [6.07, 6.45) is 3.73. The Morgan fingerprint density at radius 3 is 2.78 bits per heavy atom. The number of hydrogen-bond donors (Lipinski definition) is 1. The van der Waals surface area contributed by atoms with Crippen LogP contribution in [0.15, 0.2) is 41.5 Å². The summed E-state index contributed by atoms with van der Waals surface area (Å²) in [5, 5.41) is 7.59. The van der Waals surface area contributed by atoms with Crippen molar-refractivity contribution in [1.82, 2.24) is 14.3 Å². The Bertz CT molecular complexity index is 556. The highest BCUT2D eigenvalue weighted by Crippen LogP contribution is 2.07. The average molecular weight is 246 g/mol. The van der Waals surface area contributed by atoms with E-state index < -0.39 is 0 Å². The zero-order valence-electron chi connectivity index (χ0n) is 10.7. The monoisotopic (exact) mass is 246 g/mol. The molecule has 0 aliphatic heterocycles. The first-order chi connectivity index (χ1) is 8.66. The van der Waals surface area contributed by atoms with Crippen LogP contribution in [0.5, 0.6) is 0 Å². The molecule has 2 aromatic rings. The fourth-order valence-corrected chi connectivity index (χ4v) is 1.67. The Balaban J connectivity index is 1.89. The summed E-state index contributed by atoms with van der Waals surface area (Å²) in [6, 6.07) is 7.46. The fraction of sp³-hybridized carbons (Fsp3) is 0.385. The average Bonchev–Trinajstić information content (AvgIpc) is 2.80. The minimum atomic E-state index is 0.0204. The molecule has 1 N–H and O–H groups in total. The first kappa shape index (κ1) is 12.4. The van der Waals surface area contributed by atoms with E-state index in [1.165, 1.54) is 0 Å². The van der Waals surface area contributed by atoms with E-state index in [1.807, 2.05) is 23.0 Å². The van der Waals surface area contributed by atoms with Crippen LogP contribution in [0, 0.1) is 0 Å². The van der Waals surface area contributed by atoms with Crippen LogP contribution in [0.2, 0.25) is 0 Å². The fourth-order valence-electron chi connectivity index (χ4n) is 1.67. The highest BCUT2D eigenvalue weighted by Gasteiger charge is 2.01. The van der Waals surface area contributed by atoms with E-state index in [4.69, 9.17) is 0 Å². The minimum absolute atomic E-state index is 0.0204. The number of nitrogens with zero attached hydrogens (tertiary/aromatic N) is 3. The number of anilines is 1. The van der Waals surface area contributed by atoms with Crippen LogP contribution in [0.3, 0.4) is 0 Å². The van der Waals surface area contributed by atoms with E-state index in [2.05, 4.69) is 24.3 Å². The molecule has 0 saturated carbocycles. The van der Waals surface area contributed by atoms with Gasteiger partial charge in [-0.3, -0.25) is 9.48 Å². The van der Waals surface area contributed by atoms with Crippen LogP contribution < -0.4 is 10.9 Å². The molecule has 5 nitrogen and oxygen atoms in total. The first-order valence-electron chi connectivity index (χ1n) is 6.11. The van der Waals surface area contributed by atoms with Crippen LogP contribution in [0.4, 0.5) is 5.82 Å². The molecule has 0 atom stereocenters. The Kier molecular flexibility index (Phi) is 3.82. The van der Waals surface area contributed by atoms with Gasteiger partial charge in [-0.2, -0.15) is 5.10 Å². The Hall–Kier alpha value is -2.04. The lowest BCUT2D eigenvalue weighted by molar-refractivity contribution is 0.533. The summed E-state index contributed by atoms with van der Waals surface area (Å²) in [5.41, 5.74) is 0.0204. The van der Waals surface area contributed by atoms with Crippen LogP contribution in [0.25, 0.3) is 0 Å². The molecule has 0 saturated heterocycles. The Morgan fingerprint density at radius 1 is 1.28 bits per heavy atom. The van der Waals surface area contributed by atoms with Crippen LogP contribution >= 0.6 is 0 Å². The molecule has 96 valence electrons. The molecular weight excluding hydrogens is 228 g/mol. The second-order valence-electron chi connectivity index (χ2n) is 4.43. The van der Waals surface area contributed by atoms with Crippen LogP contribution in [-0.4, -0.2) is 20.9 Å². The molecule has 0 radical (unpaired) electrons. The van der Waals surface area contributed by atoms with Gasteiger partial charge in [0.2, 0.25) is 0 Å². The van der Waals surface area contributed by atoms with Gasteiger partial charge in [0.05, 0.1) is 0 Å². The molecule has 0 bridgehead atoms.